The van der Waals surface area contributed by atoms with Gasteiger partial charge >= 0.3 is 0 Å². The lowest BCUT2D eigenvalue weighted by molar-refractivity contribution is 0.894. The number of nitrogens with zero attached hydrogens (tertiary/aromatic N) is 3. The lowest BCUT2D eigenvalue weighted by atomic mass is 10.1. The van der Waals surface area contributed by atoms with Crippen LogP contribution in [0.5, 0.6) is 0 Å². The summed E-state index contributed by atoms with van der Waals surface area (Å²) in [6.07, 6.45) is 1.76. The molecule has 0 fully saturated rings. The highest BCUT2D eigenvalue weighted by atomic mass is 15.2. The fourth-order valence-corrected chi connectivity index (χ4v) is 1.31. The first-order chi connectivity index (χ1) is 6.20. The van der Waals surface area contributed by atoms with E-state index in [4.69, 9.17) is 0 Å². The number of amidine groups is 1. The van der Waals surface area contributed by atoms with Crippen molar-refractivity contribution >= 4 is 25.2 Å². The molecule has 0 saturated heterocycles. The normalized spacial score (nSPS) is 15.3. The maximum absolute atomic E-state index is 4.40. The van der Waals surface area contributed by atoms with Gasteiger partial charge in [-0.1, -0.05) is 6.58 Å². The van der Waals surface area contributed by atoms with E-state index >= 15 is 0 Å². The highest BCUT2D eigenvalue weighted by Gasteiger charge is 2.17. The number of rotatable bonds is 0. The molecule has 1 aliphatic rings. The van der Waals surface area contributed by atoms with Gasteiger partial charge in [-0.15, -0.1) is 0 Å². The van der Waals surface area contributed by atoms with Gasteiger partial charge in [-0.05, 0) is 19.1 Å². The molecule has 0 aliphatic carbocycles. The highest BCUT2D eigenvalue weighted by Crippen LogP contribution is 2.29. The molecule has 64 valence electrons. The van der Waals surface area contributed by atoms with Crippen molar-refractivity contribution in [3.63, 3.8) is 0 Å². The van der Waals surface area contributed by atoms with E-state index < -0.39 is 0 Å². The summed E-state index contributed by atoms with van der Waals surface area (Å²) in [5.41, 5.74) is 2.68. The summed E-state index contributed by atoms with van der Waals surface area (Å²) in [5.74, 6) is 0.950. The van der Waals surface area contributed by atoms with Crippen molar-refractivity contribution in [2.45, 2.75) is 6.92 Å². The van der Waals surface area contributed by atoms with Crippen LogP contribution < -0.4 is 0 Å². The van der Waals surface area contributed by atoms with Crippen LogP contribution >= 0.6 is 0 Å². The van der Waals surface area contributed by atoms with Gasteiger partial charge in [0.05, 0.1) is 17.2 Å². The Hall–Kier alpha value is -1.58. The van der Waals surface area contributed by atoms with Crippen molar-refractivity contribution in [3.05, 3.63) is 30.6 Å². The van der Waals surface area contributed by atoms with Gasteiger partial charge in [-0.3, -0.25) is 4.98 Å². The van der Waals surface area contributed by atoms with E-state index in [-0.39, 0.29) is 0 Å². The average molecular weight is 171 g/mol. The molecule has 0 spiro atoms. The molecule has 2 heterocycles. The van der Waals surface area contributed by atoms with Crippen molar-refractivity contribution in [3.8, 4) is 0 Å². The van der Waals surface area contributed by atoms with Crippen molar-refractivity contribution in [1.29, 1.82) is 0 Å². The minimum absolute atomic E-state index is 0.871. The van der Waals surface area contributed by atoms with Crippen LogP contribution in [-0.2, 0) is 0 Å². The van der Waals surface area contributed by atoms with Crippen LogP contribution in [0.1, 0.15) is 12.6 Å². The van der Waals surface area contributed by atoms with E-state index in [0.29, 0.717) is 0 Å². The largest absolute Gasteiger partial charge is 0.381 e. The number of aromatic nitrogens is 1. The molecule has 1 aromatic rings. The van der Waals surface area contributed by atoms with Gasteiger partial charge in [0, 0.05) is 6.20 Å². The molecule has 1 aromatic heterocycles. The van der Waals surface area contributed by atoms with Crippen LogP contribution in [0, 0.1) is 0 Å². The Morgan fingerprint density at radius 1 is 1.54 bits per heavy atom. The van der Waals surface area contributed by atoms with Crippen LogP contribution in [-0.4, -0.2) is 23.6 Å². The summed E-state index contributed by atoms with van der Waals surface area (Å²) in [6.45, 7) is 5.93. The molecule has 3 nitrogen and oxygen atoms in total. The monoisotopic (exact) mass is 171 g/mol. The van der Waals surface area contributed by atoms with E-state index in [1.807, 2.05) is 31.8 Å². The van der Waals surface area contributed by atoms with Crippen LogP contribution in [0.25, 0.3) is 5.70 Å². The summed E-state index contributed by atoms with van der Waals surface area (Å²) >= 11 is 0. The van der Waals surface area contributed by atoms with Crippen molar-refractivity contribution in [2.75, 3.05) is 0 Å². The Bertz CT molecular complexity index is 398. The van der Waals surface area contributed by atoms with E-state index in [1.54, 1.807) is 6.20 Å². The summed E-state index contributed by atoms with van der Waals surface area (Å²) < 4.78 is 0. The Labute approximate surface area is 78.2 Å². The number of hydrogen-bond acceptors (Lipinski definition) is 3. The fourth-order valence-electron chi connectivity index (χ4n) is 1.31. The van der Waals surface area contributed by atoms with E-state index in [9.17, 15) is 0 Å². The Morgan fingerprint density at radius 3 is 3.08 bits per heavy atom. The first kappa shape index (κ1) is 8.04. The van der Waals surface area contributed by atoms with Crippen molar-refractivity contribution in [1.82, 2.24) is 9.79 Å². The maximum Gasteiger partial charge on any atom is 0.225 e. The number of fused-ring (bicyclic) bond motifs is 1. The minimum Gasteiger partial charge on any atom is -0.381 e. The van der Waals surface area contributed by atoms with Crippen molar-refractivity contribution < 1.29 is 0 Å². The zero-order valence-corrected chi connectivity index (χ0v) is 7.78. The fraction of sp³-hybridized carbons (Fsp3) is 0.111. The van der Waals surface area contributed by atoms with Crippen LogP contribution in [0.3, 0.4) is 0 Å². The van der Waals surface area contributed by atoms with Crippen molar-refractivity contribution in [2.24, 2.45) is 4.99 Å². The van der Waals surface area contributed by atoms with Gasteiger partial charge in [0.1, 0.15) is 5.69 Å². The SMILES string of the molecule is BN1C(=C)c2ncccc2N=C1C. The third kappa shape index (κ3) is 1.14. The number of hydrogen-bond donors (Lipinski definition) is 0. The van der Waals surface area contributed by atoms with Gasteiger partial charge in [-0.25, -0.2) is 4.99 Å². The maximum atomic E-state index is 4.40. The van der Waals surface area contributed by atoms with Crippen LogP contribution in [0.2, 0.25) is 0 Å². The molecular weight excluding hydrogens is 161 g/mol. The van der Waals surface area contributed by atoms with Gasteiger partial charge in [0.2, 0.25) is 7.98 Å². The lowest BCUT2D eigenvalue weighted by Gasteiger charge is -2.26. The number of aliphatic imine (C=N–C) groups is 1. The molecule has 4 heteroatoms. The third-order valence-electron chi connectivity index (χ3n) is 2.23. The van der Waals surface area contributed by atoms with Crippen LogP contribution in [0.4, 0.5) is 5.69 Å². The minimum atomic E-state index is 0.871. The standard InChI is InChI=1S/C9H10BN3/c1-6-9-8(4-3-5-11-9)12-7(2)13(6)10/h3-5H,1,10H2,2H3. The Morgan fingerprint density at radius 2 is 2.31 bits per heavy atom. The second kappa shape index (κ2) is 2.73. The molecule has 0 bridgehead atoms. The molecule has 2 rings (SSSR count). The third-order valence-corrected chi connectivity index (χ3v) is 2.23. The molecular formula is C9H10BN3. The quantitative estimate of drug-likeness (QED) is 0.544. The number of pyridine rings is 1. The predicted molar refractivity (Wildman–Crippen MR) is 56.4 cm³/mol. The average Bonchev–Trinajstić information content (AvgIpc) is 2.15. The van der Waals surface area contributed by atoms with E-state index in [0.717, 1.165) is 22.9 Å². The first-order valence-electron chi connectivity index (χ1n) is 4.13. The lowest BCUT2D eigenvalue weighted by Crippen LogP contribution is -2.26. The molecule has 0 radical (unpaired) electrons. The molecule has 0 aromatic carbocycles. The molecule has 1 aliphatic heterocycles. The summed E-state index contributed by atoms with van der Waals surface area (Å²) in [7, 11) is 1.94. The Balaban J connectivity index is 2.63. The van der Waals surface area contributed by atoms with Gasteiger partial charge in [0.25, 0.3) is 0 Å². The molecule has 0 saturated carbocycles. The zero-order valence-electron chi connectivity index (χ0n) is 7.78. The molecule has 13 heavy (non-hydrogen) atoms. The first-order valence-corrected chi connectivity index (χ1v) is 4.13. The second-order valence-electron chi connectivity index (χ2n) is 3.04. The van der Waals surface area contributed by atoms with E-state index in [2.05, 4.69) is 16.6 Å². The molecule has 0 unspecified atom stereocenters. The zero-order chi connectivity index (χ0) is 9.42. The summed E-state index contributed by atoms with van der Waals surface area (Å²) in [4.78, 5) is 10.6. The van der Waals surface area contributed by atoms with Gasteiger partial charge in [-0.2, -0.15) is 0 Å². The van der Waals surface area contributed by atoms with Crippen LogP contribution in [0.15, 0.2) is 29.9 Å². The molecule has 0 N–H and O–H groups in total. The van der Waals surface area contributed by atoms with Gasteiger partial charge in [0.15, 0.2) is 0 Å². The molecule has 0 amide bonds. The highest BCUT2D eigenvalue weighted by molar-refractivity contribution is 6.22. The summed E-state index contributed by atoms with van der Waals surface area (Å²) in [6, 6.07) is 3.83. The van der Waals surface area contributed by atoms with Gasteiger partial charge < -0.3 is 4.81 Å². The topological polar surface area (TPSA) is 28.5 Å². The predicted octanol–water partition coefficient (Wildman–Crippen LogP) is 0.966. The second-order valence-corrected chi connectivity index (χ2v) is 3.04. The molecule has 0 atom stereocenters. The smallest absolute Gasteiger partial charge is 0.225 e. The van der Waals surface area contributed by atoms with E-state index in [1.165, 1.54) is 0 Å². The Kier molecular flexibility index (Phi) is 1.69. The summed E-state index contributed by atoms with van der Waals surface area (Å²) in [5, 5.41) is 0.